The van der Waals surface area contributed by atoms with E-state index in [4.69, 9.17) is 9.84 Å². The number of nitriles is 1. The molecular formula is C17H25N3O4. The third kappa shape index (κ3) is 2.78. The summed E-state index contributed by atoms with van der Waals surface area (Å²) in [5.41, 5.74) is -1.52. The highest BCUT2D eigenvalue weighted by atomic mass is 16.5. The van der Waals surface area contributed by atoms with Gasteiger partial charge in [-0.25, -0.2) is 0 Å². The number of β-amino-alcohol motifs (C(OH)–C–C–N with tert-alkyl or cyclic N) is 1. The molecule has 0 radical (unpaired) electrons. The maximum absolute atomic E-state index is 13.0. The number of piperidine rings is 1. The molecule has 0 aromatic heterocycles. The fourth-order valence-corrected chi connectivity index (χ4v) is 4.31. The van der Waals surface area contributed by atoms with Crippen molar-refractivity contribution in [1.82, 2.24) is 9.80 Å². The summed E-state index contributed by atoms with van der Waals surface area (Å²) in [7, 11) is 0. The number of rotatable bonds is 3. The summed E-state index contributed by atoms with van der Waals surface area (Å²) in [6.45, 7) is 2.78. The van der Waals surface area contributed by atoms with Gasteiger partial charge >= 0.3 is 0 Å². The van der Waals surface area contributed by atoms with Gasteiger partial charge in [0.2, 0.25) is 11.8 Å². The molecule has 3 saturated heterocycles. The summed E-state index contributed by atoms with van der Waals surface area (Å²) >= 11 is 0. The fourth-order valence-electron chi connectivity index (χ4n) is 4.31. The van der Waals surface area contributed by atoms with Crippen LogP contribution in [0.2, 0.25) is 0 Å². The number of aliphatic hydroxyl groups is 1. The molecule has 0 bridgehead atoms. The first-order valence-corrected chi connectivity index (χ1v) is 8.76. The lowest BCUT2D eigenvalue weighted by molar-refractivity contribution is -0.148. The lowest BCUT2D eigenvalue weighted by Gasteiger charge is -2.39. The molecular weight excluding hydrogens is 310 g/mol. The minimum Gasteiger partial charge on any atom is -0.395 e. The van der Waals surface area contributed by atoms with Crippen molar-refractivity contribution in [3.05, 3.63) is 0 Å². The van der Waals surface area contributed by atoms with Crippen LogP contribution in [0.3, 0.4) is 0 Å². The quantitative estimate of drug-likeness (QED) is 0.792. The van der Waals surface area contributed by atoms with Crippen molar-refractivity contribution in [2.45, 2.75) is 32.1 Å². The van der Waals surface area contributed by atoms with Crippen molar-refractivity contribution in [2.75, 3.05) is 46.0 Å². The second-order valence-corrected chi connectivity index (χ2v) is 7.18. The molecule has 3 aliphatic heterocycles. The average Bonchev–Trinajstić information content (AvgIpc) is 3.04. The second kappa shape index (κ2) is 6.69. The number of aliphatic hydroxyl groups excluding tert-OH is 1. The molecule has 0 aromatic rings. The molecule has 0 aliphatic carbocycles. The number of hydrogen-bond acceptors (Lipinski definition) is 5. The van der Waals surface area contributed by atoms with Gasteiger partial charge in [-0.3, -0.25) is 9.59 Å². The molecule has 1 N–H and O–H groups in total. The zero-order chi connectivity index (χ0) is 17.2. The largest absolute Gasteiger partial charge is 0.395 e. The van der Waals surface area contributed by atoms with Crippen molar-refractivity contribution >= 4 is 11.8 Å². The Morgan fingerprint density at radius 2 is 2.00 bits per heavy atom. The van der Waals surface area contributed by atoms with E-state index in [1.165, 1.54) is 0 Å². The van der Waals surface area contributed by atoms with Gasteiger partial charge in [-0.2, -0.15) is 5.26 Å². The molecule has 3 rings (SSSR count). The van der Waals surface area contributed by atoms with Gasteiger partial charge in [0.15, 0.2) is 0 Å². The number of ether oxygens (including phenoxy) is 1. The number of likely N-dealkylation sites (tertiary alicyclic amines) is 2. The van der Waals surface area contributed by atoms with Crippen LogP contribution >= 0.6 is 0 Å². The topological polar surface area (TPSA) is 93.9 Å². The van der Waals surface area contributed by atoms with Crippen LogP contribution in [0.1, 0.15) is 32.1 Å². The Kier molecular flexibility index (Phi) is 4.79. The molecule has 1 atom stereocenters. The van der Waals surface area contributed by atoms with Crippen molar-refractivity contribution in [3.8, 4) is 6.07 Å². The molecule has 7 nitrogen and oxygen atoms in total. The highest BCUT2D eigenvalue weighted by Crippen LogP contribution is 2.42. The summed E-state index contributed by atoms with van der Waals surface area (Å²) in [6.07, 6.45) is 3.18. The minimum absolute atomic E-state index is 0.0397. The van der Waals surface area contributed by atoms with Gasteiger partial charge in [0.05, 0.1) is 18.1 Å². The molecule has 2 amide bonds. The van der Waals surface area contributed by atoms with Gasteiger partial charge < -0.3 is 19.6 Å². The Bertz CT molecular complexity index is 551. The van der Waals surface area contributed by atoms with Gasteiger partial charge in [0, 0.05) is 39.4 Å². The van der Waals surface area contributed by atoms with E-state index >= 15 is 0 Å². The number of carbonyl (C=O) groups excluding carboxylic acids is 2. The van der Waals surface area contributed by atoms with E-state index in [0.29, 0.717) is 58.7 Å². The third-order valence-electron chi connectivity index (χ3n) is 5.80. The predicted octanol–water partition coefficient (Wildman–Crippen LogP) is 0.140. The van der Waals surface area contributed by atoms with E-state index in [1.807, 2.05) is 0 Å². The Balaban J connectivity index is 1.73. The van der Waals surface area contributed by atoms with Gasteiger partial charge in [-0.15, -0.1) is 0 Å². The summed E-state index contributed by atoms with van der Waals surface area (Å²) in [5.74, 6) is -0.0895. The molecule has 0 aromatic carbocycles. The van der Waals surface area contributed by atoms with Crippen LogP contribution in [0.5, 0.6) is 0 Å². The van der Waals surface area contributed by atoms with Crippen molar-refractivity contribution in [2.24, 2.45) is 10.8 Å². The monoisotopic (exact) mass is 335 g/mol. The highest BCUT2D eigenvalue weighted by molar-refractivity contribution is 5.89. The lowest BCUT2D eigenvalue weighted by atomic mass is 9.77. The smallest absolute Gasteiger partial charge is 0.243 e. The standard InChI is InChI=1S/C17H25N3O4/c18-12-16(4-10-24-11-5-16)14(22)20-7-3-17(13-20)2-1-6-19(8-9-21)15(17)23/h21H,1-11,13H2. The second-order valence-electron chi connectivity index (χ2n) is 7.18. The summed E-state index contributed by atoms with van der Waals surface area (Å²) in [6, 6.07) is 2.23. The zero-order valence-electron chi connectivity index (χ0n) is 14.0. The number of amides is 2. The number of nitrogens with zero attached hydrogens (tertiary/aromatic N) is 3. The maximum Gasteiger partial charge on any atom is 0.243 e. The Hall–Kier alpha value is -1.65. The average molecular weight is 335 g/mol. The Morgan fingerprint density at radius 3 is 2.67 bits per heavy atom. The van der Waals surface area contributed by atoms with Gasteiger partial charge in [0.25, 0.3) is 0 Å². The van der Waals surface area contributed by atoms with E-state index < -0.39 is 10.8 Å². The fraction of sp³-hybridized carbons (Fsp3) is 0.824. The normalized spacial score (nSPS) is 29.8. The van der Waals surface area contributed by atoms with Crippen LogP contribution in [-0.2, 0) is 14.3 Å². The Labute approximate surface area is 142 Å². The molecule has 0 saturated carbocycles. The molecule has 24 heavy (non-hydrogen) atoms. The molecule has 3 heterocycles. The number of hydrogen-bond donors (Lipinski definition) is 1. The highest BCUT2D eigenvalue weighted by Gasteiger charge is 2.52. The molecule has 1 spiro atoms. The summed E-state index contributed by atoms with van der Waals surface area (Å²) in [4.78, 5) is 29.2. The molecule has 7 heteroatoms. The maximum atomic E-state index is 13.0. The van der Waals surface area contributed by atoms with Gasteiger partial charge in [-0.1, -0.05) is 0 Å². The van der Waals surface area contributed by atoms with Crippen LogP contribution in [0.25, 0.3) is 0 Å². The van der Waals surface area contributed by atoms with Crippen molar-refractivity contribution in [3.63, 3.8) is 0 Å². The Morgan fingerprint density at radius 1 is 1.25 bits per heavy atom. The summed E-state index contributed by atoms with van der Waals surface area (Å²) < 4.78 is 5.30. The minimum atomic E-state index is -0.994. The third-order valence-corrected chi connectivity index (χ3v) is 5.80. The van der Waals surface area contributed by atoms with E-state index in [1.54, 1.807) is 9.80 Å². The van der Waals surface area contributed by atoms with Crippen molar-refractivity contribution in [1.29, 1.82) is 5.26 Å². The zero-order valence-corrected chi connectivity index (χ0v) is 14.0. The molecule has 1 unspecified atom stereocenters. The first kappa shape index (κ1) is 17.2. The van der Waals surface area contributed by atoms with Crippen molar-refractivity contribution < 1.29 is 19.4 Å². The van der Waals surface area contributed by atoms with Crippen LogP contribution in [-0.4, -0.2) is 72.7 Å². The first-order valence-electron chi connectivity index (χ1n) is 8.76. The molecule has 3 fully saturated rings. The van der Waals surface area contributed by atoms with E-state index in [2.05, 4.69) is 6.07 Å². The predicted molar refractivity (Wildman–Crippen MR) is 84.6 cm³/mol. The number of carbonyl (C=O) groups is 2. The van der Waals surface area contributed by atoms with E-state index in [0.717, 1.165) is 12.8 Å². The summed E-state index contributed by atoms with van der Waals surface area (Å²) in [5, 5.41) is 18.7. The van der Waals surface area contributed by atoms with Gasteiger partial charge in [-0.05, 0) is 32.1 Å². The van der Waals surface area contributed by atoms with E-state index in [-0.39, 0.29) is 18.4 Å². The van der Waals surface area contributed by atoms with Crippen LogP contribution in [0, 0.1) is 22.2 Å². The first-order chi connectivity index (χ1) is 11.6. The van der Waals surface area contributed by atoms with Crippen LogP contribution in [0.15, 0.2) is 0 Å². The molecule has 3 aliphatic rings. The van der Waals surface area contributed by atoms with Crippen LogP contribution < -0.4 is 0 Å². The van der Waals surface area contributed by atoms with E-state index in [9.17, 15) is 14.9 Å². The van der Waals surface area contributed by atoms with Gasteiger partial charge in [0.1, 0.15) is 5.41 Å². The SMILES string of the molecule is N#CC1(C(=O)N2CCC3(CCCN(CCO)C3=O)C2)CCOCC1. The lowest BCUT2D eigenvalue weighted by Crippen LogP contribution is -2.52. The molecule has 132 valence electrons. The van der Waals surface area contributed by atoms with Crippen LogP contribution in [0.4, 0.5) is 0 Å².